The fraction of sp³-hybridized carbons (Fsp3) is 0.600. The van der Waals surface area contributed by atoms with Crippen LogP contribution < -0.4 is 5.32 Å². The minimum Gasteiger partial charge on any atom is -0.379 e. The number of hydrogen-bond donors (Lipinski definition) is 1. The van der Waals surface area contributed by atoms with Crippen molar-refractivity contribution in [2.24, 2.45) is 5.92 Å². The van der Waals surface area contributed by atoms with Crippen LogP contribution in [0, 0.1) is 5.92 Å². The third kappa shape index (κ3) is 5.75. The van der Waals surface area contributed by atoms with E-state index in [9.17, 15) is 0 Å². The van der Waals surface area contributed by atoms with Gasteiger partial charge in [-0.1, -0.05) is 23.4 Å². The number of nitrogens with zero attached hydrogens (tertiary/aromatic N) is 3. The van der Waals surface area contributed by atoms with Crippen LogP contribution in [0.4, 0.5) is 0 Å². The van der Waals surface area contributed by atoms with Crippen molar-refractivity contribution in [1.82, 2.24) is 20.4 Å². The molecule has 0 radical (unpaired) electrons. The molecule has 148 valence electrons. The number of hydrogen-bond acceptors (Lipinski definition) is 6. The summed E-state index contributed by atoms with van der Waals surface area (Å²) in [6, 6.07) is 8.48. The number of rotatable bonds is 6. The standard InChI is InChI=1S/C20H28N4O2.ClH/c1-2-17(15-24-10-12-25-13-11-24)14-18(3-1)20-22-19(26-23-20)5-4-16-6-8-21-9-7-16;/h1-3,14,16,21H,4-13,15H2;1H. The van der Waals surface area contributed by atoms with Gasteiger partial charge in [0.1, 0.15) is 0 Å². The van der Waals surface area contributed by atoms with E-state index in [2.05, 4.69) is 44.6 Å². The third-order valence-electron chi connectivity index (χ3n) is 5.39. The van der Waals surface area contributed by atoms with Crippen LogP contribution in [0.5, 0.6) is 0 Å². The normalized spacial score (nSPS) is 19.0. The zero-order valence-corrected chi connectivity index (χ0v) is 16.5. The second-order valence-corrected chi connectivity index (χ2v) is 7.33. The topological polar surface area (TPSA) is 63.4 Å². The Labute approximate surface area is 167 Å². The first-order chi connectivity index (χ1) is 12.9. The molecule has 1 aromatic heterocycles. The van der Waals surface area contributed by atoms with Gasteiger partial charge < -0.3 is 14.6 Å². The van der Waals surface area contributed by atoms with Crippen molar-refractivity contribution in [3.63, 3.8) is 0 Å². The second kappa shape index (κ2) is 10.2. The monoisotopic (exact) mass is 392 g/mol. The van der Waals surface area contributed by atoms with Crippen LogP contribution >= 0.6 is 12.4 Å². The van der Waals surface area contributed by atoms with Gasteiger partial charge in [-0.05, 0) is 49.9 Å². The van der Waals surface area contributed by atoms with E-state index in [0.29, 0.717) is 5.82 Å². The maximum atomic E-state index is 5.50. The number of aryl methyl sites for hydroxylation is 1. The van der Waals surface area contributed by atoms with Crippen molar-refractivity contribution in [1.29, 1.82) is 0 Å². The fourth-order valence-corrected chi connectivity index (χ4v) is 3.80. The molecule has 0 bridgehead atoms. The predicted octanol–water partition coefficient (Wildman–Crippen LogP) is 2.92. The molecule has 6 nitrogen and oxygen atoms in total. The van der Waals surface area contributed by atoms with E-state index in [-0.39, 0.29) is 12.4 Å². The zero-order valence-electron chi connectivity index (χ0n) is 15.7. The summed E-state index contributed by atoms with van der Waals surface area (Å²) in [7, 11) is 0. The number of ether oxygens (including phenoxy) is 1. The number of piperidine rings is 1. The van der Waals surface area contributed by atoms with Gasteiger partial charge in [-0.2, -0.15) is 4.98 Å². The molecule has 27 heavy (non-hydrogen) atoms. The fourth-order valence-electron chi connectivity index (χ4n) is 3.80. The molecule has 2 aromatic rings. The van der Waals surface area contributed by atoms with Crippen LogP contribution in [0.2, 0.25) is 0 Å². The van der Waals surface area contributed by atoms with Crippen molar-refractivity contribution < 1.29 is 9.26 Å². The summed E-state index contributed by atoms with van der Waals surface area (Å²) in [6.45, 7) is 6.85. The molecule has 0 unspecified atom stereocenters. The molecule has 0 amide bonds. The summed E-state index contributed by atoms with van der Waals surface area (Å²) >= 11 is 0. The van der Waals surface area contributed by atoms with E-state index in [1.807, 2.05) is 0 Å². The highest BCUT2D eigenvalue weighted by Gasteiger charge is 2.16. The molecule has 4 rings (SSSR count). The lowest BCUT2D eigenvalue weighted by Gasteiger charge is -2.26. The third-order valence-corrected chi connectivity index (χ3v) is 5.39. The number of nitrogens with one attached hydrogen (secondary N) is 1. The van der Waals surface area contributed by atoms with E-state index < -0.39 is 0 Å². The molecule has 2 aliphatic heterocycles. The smallest absolute Gasteiger partial charge is 0.226 e. The Kier molecular flexibility index (Phi) is 7.64. The van der Waals surface area contributed by atoms with Crippen molar-refractivity contribution in [2.75, 3.05) is 39.4 Å². The first-order valence-electron chi connectivity index (χ1n) is 9.79. The Hall–Kier alpha value is -1.47. The lowest BCUT2D eigenvalue weighted by atomic mass is 9.93. The molecule has 7 heteroatoms. The van der Waals surface area contributed by atoms with Gasteiger partial charge in [0.25, 0.3) is 0 Å². The van der Waals surface area contributed by atoms with E-state index in [4.69, 9.17) is 9.26 Å². The average Bonchev–Trinajstić information content (AvgIpc) is 3.17. The largest absolute Gasteiger partial charge is 0.379 e. The van der Waals surface area contributed by atoms with Crippen LogP contribution in [-0.4, -0.2) is 54.4 Å². The minimum atomic E-state index is 0. The molecule has 0 spiro atoms. The highest BCUT2D eigenvalue weighted by Crippen LogP contribution is 2.21. The van der Waals surface area contributed by atoms with Crippen LogP contribution in [-0.2, 0) is 17.7 Å². The Morgan fingerprint density at radius 1 is 1.15 bits per heavy atom. The maximum Gasteiger partial charge on any atom is 0.226 e. The molecule has 1 N–H and O–H groups in total. The summed E-state index contributed by atoms with van der Waals surface area (Å²) in [4.78, 5) is 7.05. The van der Waals surface area contributed by atoms with Gasteiger partial charge in [0.15, 0.2) is 0 Å². The summed E-state index contributed by atoms with van der Waals surface area (Å²) < 4.78 is 10.9. The first-order valence-corrected chi connectivity index (χ1v) is 9.79. The van der Waals surface area contributed by atoms with Crippen molar-refractivity contribution in [2.45, 2.75) is 32.2 Å². The van der Waals surface area contributed by atoms with Gasteiger partial charge in [-0.3, -0.25) is 4.90 Å². The van der Waals surface area contributed by atoms with Crippen LogP contribution in [0.15, 0.2) is 28.8 Å². The number of halogens is 1. The van der Waals surface area contributed by atoms with Gasteiger partial charge >= 0.3 is 0 Å². The van der Waals surface area contributed by atoms with Crippen LogP contribution in [0.25, 0.3) is 11.4 Å². The van der Waals surface area contributed by atoms with Gasteiger partial charge in [0.2, 0.25) is 11.7 Å². The number of morpholine rings is 1. The molecule has 0 atom stereocenters. The number of aromatic nitrogens is 2. The molecule has 2 saturated heterocycles. The first kappa shape index (κ1) is 20.3. The van der Waals surface area contributed by atoms with Crippen molar-refractivity contribution >= 4 is 12.4 Å². The SMILES string of the molecule is Cl.c1cc(CN2CCOCC2)cc(-c2noc(CCC3CCNCC3)n2)c1. The van der Waals surface area contributed by atoms with Gasteiger partial charge in [-0.25, -0.2) is 0 Å². The molecular weight excluding hydrogens is 364 g/mol. The lowest BCUT2D eigenvalue weighted by molar-refractivity contribution is 0.0342. The molecular formula is C20H29ClN4O2. The Morgan fingerprint density at radius 3 is 2.78 bits per heavy atom. The summed E-state index contributed by atoms with van der Waals surface area (Å²) in [6.07, 6.45) is 4.53. The molecule has 1 aromatic carbocycles. The molecule has 3 heterocycles. The number of benzene rings is 1. The van der Waals surface area contributed by atoms with E-state index in [1.54, 1.807) is 0 Å². The average molecular weight is 393 g/mol. The molecule has 2 fully saturated rings. The van der Waals surface area contributed by atoms with E-state index in [0.717, 1.165) is 76.2 Å². The maximum absolute atomic E-state index is 5.50. The van der Waals surface area contributed by atoms with Crippen LogP contribution in [0.3, 0.4) is 0 Å². The Balaban J connectivity index is 0.00000210. The Morgan fingerprint density at radius 2 is 1.96 bits per heavy atom. The lowest BCUT2D eigenvalue weighted by Crippen LogP contribution is -2.35. The zero-order chi connectivity index (χ0) is 17.6. The molecule has 2 aliphatic rings. The minimum absolute atomic E-state index is 0. The highest BCUT2D eigenvalue weighted by molar-refractivity contribution is 5.85. The van der Waals surface area contributed by atoms with Gasteiger partial charge in [-0.15, -0.1) is 12.4 Å². The quantitative estimate of drug-likeness (QED) is 0.815. The summed E-state index contributed by atoms with van der Waals surface area (Å²) in [5, 5.41) is 7.62. The van der Waals surface area contributed by atoms with Gasteiger partial charge in [0, 0.05) is 31.6 Å². The van der Waals surface area contributed by atoms with E-state index in [1.165, 1.54) is 18.4 Å². The molecule has 0 saturated carbocycles. The molecule has 0 aliphatic carbocycles. The summed E-state index contributed by atoms with van der Waals surface area (Å²) in [5.41, 5.74) is 2.32. The van der Waals surface area contributed by atoms with Crippen LogP contribution in [0.1, 0.15) is 30.7 Å². The predicted molar refractivity (Wildman–Crippen MR) is 107 cm³/mol. The Bertz CT molecular complexity index is 697. The van der Waals surface area contributed by atoms with Gasteiger partial charge in [0.05, 0.1) is 13.2 Å². The highest BCUT2D eigenvalue weighted by atomic mass is 35.5. The van der Waals surface area contributed by atoms with Crippen molar-refractivity contribution in [3.8, 4) is 11.4 Å². The van der Waals surface area contributed by atoms with Crippen molar-refractivity contribution in [3.05, 3.63) is 35.7 Å². The van der Waals surface area contributed by atoms with E-state index >= 15 is 0 Å². The second-order valence-electron chi connectivity index (χ2n) is 7.33. The summed E-state index contributed by atoms with van der Waals surface area (Å²) in [5.74, 6) is 2.25.